The maximum Gasteiger partial charge on any atom is 0.171 e. The second kappa shape index (κ2) is 5.47. The third-order valence-corrected chi connectivity index (χ3v) is 2.05. The van der Waals surface area contributed by atoms with Crippen LogP contribution in [0.15, 0.2) is 11.3 Å². The highest BCUT2D eigenvalue weighted by molar-refractivity contribution is 6.31. The van der Waals surface area contributed by atoms with Crippen molar-refractivity contribution in [2.45, 2.75) is 12.2 Å². The third kappa shape index (κ3) is 2.94. The smallest absolute Gasteiger partial charge is 0.171 e. The molecule has 8 nitrogen and oxygen atoms in total. The fraction of sp³-hybridized carbons (Fsp3) is 0.429. The topological polar surface area (TPSA) is 141 Å². The Bertz CT molecular complexity index is 421. The van der Waals surface area contributed by atoms with Crippen molar-refractivity contribution in [1.82, 2.24) is 9.97 Å². The van der Waals surface area contributed by atoms with Gasteiger partial charge in [0.1, 0.15) is 6.10 Å². The minimum atomic E-state index is -1.34. The Hall–Kier alpha value is -1.60. The standard InChI is InChI=1S/C7H9ClN6O2/c8-6-7(9)11-1-3(13-6)5(16)4(15)2-12-14-10/h1,4-5,15-16H,2H2,(H2,9,11). The quantitative estimate of drug-likeness (QED) is 0.400. The zero-order valence-electron chi connectivity index (χ0n) is 8.02. The summed E-state index contributed by atoms with van der Waals surface area (Å²) in [6.45, 7) is -0.276. The van der Waals surface area contributed by atoms with Crippen LogP contribution in [0.25, 0.3) is 10.4 Å². The first-order valence-corrected chi connectivity index (χ1v) is 4.59. The van der Waals surface area contributed by atoms with Crippen LogP contribution in [0.1, 0.15) is 11.8 Å². The largest absolute Gasteiger partial charge is 0.390 e. The molecular weight excluding hydrogens is 236 g/mol. The van der Waals surface area contributed by atoms with Crippen molar-refractivity contribution in [3.05, 3.63) is 27.5 Å². The maximum atomic E-state index is 9.60. The average Bonchev–Trinajstić information content (AvgIpc) is 2.28. The highest BCUT2D eigenvalue weighted by Gasteiger charge is 2.20. The van der Waals surface area contributed by atoms with Gasteiger partial charge in [-0.15, -0.1) is 0 Å². The molecule has 0 fully saturated rings. The van der Waals surface area contributed by atoms with Crippen molar-refractivity contribution in [2.75, 3.05) is 12.3 Å². The third-order valence-electron chi connectivity index (χ3n) is 1.77. The van der Waals surface area contributed by atoms with Crippen LogP contribution in [0.2, 0.25) is 5.15 Å². The lowest BCUT2D eigenvalue weighted by Gasteiger charge is -2.15. The number of nitrogens with zero attached hydrogens (tertiary/aromatic N) is 5. The van der Waals surface area contributed by atoms with E-state index in [1.54, 1.807) is 0 Å². The SMILES string of the molecule is [N-]=[N+]=NCC(O)C(O)c1cnc(N)c(Cl)n1. The second-order valence-corrected chi connectivity index (χ2v) is 3.25. The maximum absolute atomic E-state index is 9.60. The van der Waals surface area contributed by atoms with Gasteiger partial charge in [0.2, 0.25) is 0 Å². The van der Waals surface area contributed by atoms with Crippen molar-refractivity contribution >= 4 is 17.4 Å². The molecule has 0 aliphatic heterocycles. The number of hydrogen-bond donors (Lipinski definition) is 3. The van der Waals surface area contributed by atoms with Crippen LogP contribution in [0.5, 0.6) is 0 Å². The number of hydrogen-bond acceptors (Lipinski definition) is 6. The summed E-state index contributed by atoms with van der Waals surface area (Å²) in [5, 5.41) is 22.1. The Morgan fingerprint density at radius 3 is 2.88 bits per heavy atom. The summed E-state index contributed by atoms with van der Waals surface area (Å²) in [7, 11) is 0. The van der Waals surface area contributed by atoms with Gasteiger partial charge in [-0.2, -0.15) is 0 Å². The van der Waals surface area contributed by atoms with E-state index in [1.807, 2.05) is 0 Å². The van der Waals surface area contributed by atoms with Gasteiger partial charge in [-0.25, -0.2) is 9.97 Å². The van der Waals surface area contributed by atoms with Crippen LogP contribution in [0.3, 0.4) is 0 Å². The monoisotopic (exact) mass is 244 g/mol. The molecule has 1 aromatic rings. The fourth-order valence-corrected chi connectivity index (χ4v) is 1.09. The Morgan fingerprint density at radius 2 is 2.31 bits per heavy atom. The number of rotatable bonds is 4. The zero-order valence-corrected chi connectivity index (χ0v) is 8.78. The molecule has 86 valence electrons. The van der Waals surface area contributed by atoms with Crippen LogP contribution >= 0.6 is 11.6 Å². The molecule has 1 rings (SSSR count). The number of aliphatic hydroxyl groups is 2. The van der Waals surface area contributed by atoms with Gasteiger partial charge in [-0.1, -0.05) is 16.7 Å². The molecule has 0 aliphatic carbocycles. The molecule has 0 aromatic carbocycles. The van der Waals surface area contributed by atoms with Crippen molar-refractivity contribution in [3.8, 4) is 0 Å². The van der Waals surface area contributed by atoms with E-state index in [0.717, 1.165) is 0 Å². The number of nitrogens with two attached hydrogens (primary N) is 1. The Kier molecular flexibility index (Phi) is 4.27. The van der Waals surface area contributed by atoms with Gasteiger partial charge < -0.3 is 15.9 Å². The van der Waals surface area contributed by atoms with E-state index < -0.39 is 12.2 Å². The van der Waals surface area contributed by atoms with E-state index in [9.17, 15) is 10.2 Å². The molecule has 4 N–H and O–H groups in total. The average molecular weight is 245 g/mol. The highest BCUT2D eigenvalue weighted by atomic mass is 35.5. The van der Waals surface area contributed by atoms with Crippen molar-refractivity contribution in [1.29, 1.82) is 0 Å². The van der Waals surface area contributed by atoms with Crippen LogP contribution in [0.4, 0.5) is 5.82 Å². The normalized spacial score (nSPS) is 13.9. The van der Waals surface area contributed by atoms with Gasteiger partial charge in [0, 0.05) is 4.91 Å². The van der Waals surface area contributed by atoms with Crippen LogP contribution in [-0.2, 0) is 0 Å². The van der Waals surface area contributed by atoms with Gasteiger partial charge in [0.25, 0.3) is 0 Å². The van der Waals surface area contributed by atoms with E-state index >= 15 is 0 Å². The first kappa shape index (κ1) is 12.5. The molecule has 1 heterocycles. The summed E-state index contributed by atoms with van der Waals surface area (Å²) >= 11 is 5.59. The highest BCUT2D eigenvalue weighted by Crippen LogP contribution is 2.19. The molecule has 16 heavy (non-hydrogen) atoms. The number of aromatic nitrogens is 2. The zero-order chi connectivity index (χ0) is 12.1. The Balaban J connectivity index is 2.82. The van der Waals surface area contributed by atoms with Crippen LogP contribution in [-0.4, -0.2) is 32.8 Å². The summed E-state index contributed by atoms with van der Waals surface area (Å²) in [6, 6.07) is 0. The number of halogens is 1. The lowest BCUT2D eigenvalue weighted by molar-refractivity contribution is 0.0216. The summed E-state index contributed by atoms with van der Waals surface area (Å²) in [4.78, 5) is 9.86. The van der Waals surface area contributed by atoms with Crippen LogP contribution < -0.4 is 5.73 Å². The summed E-state index contributed by atoms with van der Waals surface area (Å²) < 4.78 is 0. The number of azide groups is 1. The minimum absolute atomic E-state index is 0.0298. The van der Waals surface area contributed by atoms with Crippen molar-refractivity contribution < 1.29 is 10.2 Å². The first-order valence-electron chi connectivity index (χ1n) is 4.21. The van der Waals surface area contributed by atoms with E-state index in [0.29, 0.717) is 0 Å². The van der Waals surface area contributed by atoms with Gasteiger partial charge in [0.15, 0.2) is 11.0 Å². The summed E-state index contributed by atoms with van der Waals surface area (Å²) in [5.41, 5.74) is 13.4. The molecule has 0 spiro atoms. The lowest BCUT2D eigenvalue weighted by atomic mass is 10.1. The van der Waals surface area contributed by atoms with Crippen molar-refractivity contribution in [3.63, 3.8) is 0 Å². The lowest BCUT2D eigenvalue weighted by Crippen LogP contribution is -2.22. The molecule has 0 saturated heterocycles. The molecule has 1 aromatic heterocycles. The molecule has 0 amide bonds. The van der Waals surface area contributed by atoms with E-state index in [-0.39, 0.29) is 23.2 Å². The molecule has 0 bridgehead atoms. The molecule has 2 atom stereocenters. The van der Waals surface area contributed by atoms with E-state index in [1.165, 1.54) is 6.20 Å². The second-order valence-electron chi connectivity index (χ2n) is 2.90. The van der Waals surface area contributed by atoms with Gasteiger partial charge >= 0.3 is 0 Å². The molecule has 2 unspecified atom stereocenters. The number of aliphatic hydroxyl groups excluding tert-OH is 2. The number of anilines is 1. The summed E-state index contributed by atoms with van der Waals surface area (Å²) in [6.07, 6.45) is -1.42. The summed E-state index contributed by atoms with van der Waals surface area (Å²) in [5.74, 6) is 0.0298. The molecule has 0 aliphatic rings. The van der Waals surface area contributed by atoms with Crippen LogP contribution in [0, 0.1) is 0 Å². The Labute approximate surface area is 95.3 Å². The predicted octanol–water partition coefficient (Wildman–Crippen LogP) is 0.417. The molecule has 0 radical (unpaired) electrons. The minimum Gasteiger partial charge on any atom is -0.390 e. The van der Waals surface area contributed by atoms with Gasteiger partial charge in [-0.3, -0.25) is 0 Å². The fourth-order valence-electron chi connectivity index (χ4n) is 0.948. The van der Waals surface area contributed by atoms with Gasteiger partial charge in [-0.05, 0) is 5.53 Å². The first-order chi connectivity index (χ1) is 7.56. The van der Waals surface area contributed by atoms with E-state index in [4.69, 9.17) is 22.9 Å². The van der Waals surface area contributed by atoms with Gasteiger partial charge in [0.05, 0.1) is 24.5 Å². The molecular formula is C7H9ClN6O2. The molecule has 9 heteroatoms. The molecule has 0 saturated carbocycles. The number of nitrogen functional groups attached to an aromatic ring is 1. The van der Waals surface area contributed by atoms with E-state index in [2.05, 4.69) is 20.0 Å². The Morgan fingerprint density at radius 1 is 1.62 bits per heavy atom. The van der Waals surface area contributed by atoms with Crippen molar-refractivity contribution in [2.24, 2.45) is 5.11 Å². The predicted molar refractivity (Wildman–Crippen MR) is 56.4 cm³/mol.